The summed E-state index contributed by atoms with van der Waals surface area (Å²) in [6, 6.07) is 0. The molecule has 0 atom stereocenters. The highest BCUT2D eigenvalue weighted by Crippen LogP contribution is 2.40. The van der Waals surface area contributed by atoms with Crippen molar-refractivity contribution in [3.8, 4) is 0 Å². The van der Waals surface area contributed by atoms with E-state index in [1.807, 2.05) is 0 Å². The average molecular weight is 345 g/mol. The van der Waals surface area contributed by atoms with Gasteiger partial charge < -0.3 is 5.11 Å². The number of carboxylic acid groups (broad SMARTS) is 1. The van der Waals surface area contributed by atoms with Crippen LogP contribution in [-0.2, 0) is 4.79 Å². The maximum atomic E-state index is 8.36. The van der Waals surface area contributed by atoms with Gasteiger partial charge in [0.15, 0.2) is 0 Å². The third-order valence-electron chi connectivity index (χ3n) is 4.53. The van der Waals surface area contributed by atoms with Crippen LogP contribution in [0.4, 0.5) is 0 Å². The molecule has 0 aromatic rings. The van der Waals surface area contributed by atoms with Crippen LogP contribution >= 0.6 is 0 Å². The van der Waals surface area contributed by atoms with Gasteiger partial charge in [0.1, 0.15) is 0 Å². The standard InChI is InChI=1S/C22H34.CH2O2/c1-7-8-11-18(2)12-9-13-19(3)15-16-21-20(4)14-10-17-22(21,5)6;2-1-3/h9,11-13,15-16H,7-8,10,14,17H2,1-6H3;1H,(H,2,3)/b12-9+,16-15+,18-11-,19-13+;. The predicted molar refractivity (Wildman–Crippen MR) is 110 cm³/mol. The van der Waals surface area contributed by atoms with E-state index in [1.165, 1.54) is 48.8 Å². The van der Waals surface area contributed by atoms with E-state index in [0.717, 1.165) is 0 Å². The highest BCUT2D eigenvalue weighted by atomic mass is 16.3. The zero-order chi connectivity index (χ0) is 19.3. The SMILES string of the molecule is CCC\C=C(C)/C=C/C=C(C)/C=C/C1=C(C)CCCC1(C)C.O=CO. The monoisotopic (exact) mass is 344 g/mol. The Morgan fingerprint density at radius 1 is 1.20 bits per heavy atom. The molecule has 0 spiro atoms. The third kappa shape index (κ3) is 9.91. The molecule has 1 aliphatic rings. The highest BCUT2D eigenvalue weighted by molar-refractivity contribution is 5.37. The molecule has 0 saturated heterocycles. The molecule has 1 N–H and O–H groups in total. The molecular formula is C23H36O2. The van der Waals surface area contributed by atoms with Crippen LogP contribution < -0.4 is 0 Å². The van der Waals surface area contributed by atoms with Crippen molar-refractivity contribution in [1.82, 2.24) is 0 Å². The number of hydrogen-bond acceptors (Lipinski definition) is 1. The molecule has 0 radical (unpaired) electrons. The molecule has 1 aliphatic carbocycles. The zero-order valence-corrected chi connectivity index (χ0v) is 16.9. The minimum Gasteiger partial charge on any atom is -0.483 e. The Bertz CT molecular complexity index is 555. The fraction of sp³-hybridized carbons (Fsp3) is 0.522. The van der Waals surface area contributed by atoms with Gasteiger partial charge in [0.05, 0.1) is 0 Å². The van der Waals surface area contributed by atoms with Gasteiger partial charge in [-0.3, -0.25) is 4.79 Å². The van der Waals surface area contributed by atoms with Gasteiger partial charge >= 0.3 is 0 Å². The molecule has 2 nitrogen and oxygen atoms in total. The summed E-state index contributed by atoms with van der Waals surface area (Å²) in [4.78, 5) is 8.36. The summed E-state index contributed by atoms with van der Waals surface area (Å²) in [7, 11) is 0. The zero-order valence-electron chi connectivity index (χ0n) is 16.9. The highest BCUT2D eigenvalue weighted by Gasteiger charge is 2.26. The van der Waals surface area contributed by atoms with Crippen molar-refractivity contribution >= 4 is 6.47 Å². The molecule has 0 fully saturated rings. The van der Waals surface area contributed by atoms with E-state index in [1.54, 1.807) is 5.57 Å². The molecule has 140 valence electrons. The Kier molecular flexibility index (Phi) is 11.6. The fourth-order valence-corrected chi connectivity index (χ4v) is 3.07. The largest absolute Gasteiger partial charge is 0.483 e. The smallest absolute Gasteiger partial charge is 0.290 e. The van der Waals surface area contributed by atoms with Crippen LogP contribution in [0.15, 0.2) is 58.7 Å². The molecule has 0 bridgehead atoms. The molecule has 0 aromatic heterocycles. The van der Waals surface area contributed by atoms with Crippen LogP contribution in [0.5, 0.6) is 0 Å². The van der Waals surface area contributed by atoms with Crippen LogP contribution in [0, 0.1) is 5.41 Å². The Hall–Kier alpha value is -1.83. The van der Waals surface area contributed by atoms with Gasteiger partial charge in [-0.15, -0.1) is 0 Å². The molecule has 0 heterocycles. The first-order valence-corrected chi connectivity index (χ1v) is 9.26. The molecule has 25 heavy (non-hydrogen) atoms. The second-order valence-corrected chi connectivity index (χ2v) is 7.38. The lowest BCUT2D eigenvalue weighted by molar-refractivity contribution is -0.122. The quantitative estimate of drug-likeness (QED) is 0.415. The number of carbonyl (C=O) groups is 1. The molecule has 0 aliphatic heterocycles. The van der Waals surface area contributed by atoms with Gasteiger partial charge in [-0.2, -0.15) is 0 Å². The van der Waals surface area contributed by atoms with E-state index >= 15 is 0 Å². The molecular weight excluding hydrogens is 308 g/mol. The van der Waals surface area contributed by atoms with Crippen LogP contribution in [-0.4, -0.2) is 11.6 Å². The van der Waals surface area contributed by atoms with Gasteiger partial charge in [0, 0.05) is 0 Å². The van der Waals surface area contributed by atoms with Crippen LogP contribution in [0.25, 0.3) is 0 Å². The normalized spacial score (nSPS) is 18.5. The number of unbranched alkanes of at least 4 members (excludes halogenated alkanes) is 1. The Morgan fingerprint density at radius 2 is 1.84 bits per heavy atom. The first-order chi connectivity index (χ1) is 11.8. The summed E-state index contributed by atoms with van der Waals surface area (Å²) in [6.45, 7) is 13.3. The minimum atomic E-state index is -0.250. The third-order valence-corrected chi connectivity index (χ3v) is 4.53. The van der Waals surface area contributed by atoms with E-state index in [0.29, 0.717) is 5.41 Å². The first-order valence-electron chi connectivity index (χ1n) is 9.26. The van der Waals surface area contributed by atoms with E-state index in [2.05, 4.69) is 78.0 Å². The lowest BCUT2D eigenvalue weighted by Gasteiger charge is -2.32. The average Bonchev–Trinajstić information content (AvgIpc) is 2.52. The molecule has 0 aromatic carbocycles. The topological polar surface area (TPSA) is 37.3 Å². The Morgan fingerprint density at radius 3 is 2.40 bits per heavy atom. The van der Waals surface area contributed by atoms with Gasteiger partial charge in [0.2, 0.25) is 0 Å². The van der Waals surface area contributed by atoms with Gasteiger partial charge in [0.25, 0.3) is 6.47 Å². The summed E-state index contributed by atoms with van der Waals surface area (Å²) in [5.74, 6) is 0. The number of hydrogen-bond donors (Lipinski definition) is 1. The Balaban J connectivity index is 0.00000178. The summed E-state index contributed by atoms with van der Waals surface area (Å²) in [5.41, 5.74) is 6.08. The predicted octanol–water partition coefficient (Wildman–Crippen LogP) is 7.02. The van der Waals surface area contributed by atoms with Gasteiger partial charge in [-0.25, -0.2) is 0 Å². The van der Waals surface area contributed by atoms with Crippen LogP contribution in [0.3, 0.4) is 0 Å². The molecule has 1 rings (SSSR count). The molecule has 2 heteroatoms. The lowest BCUT2D eigenvalue weighted by atomic mass is 9.72. The van der Waals surface area contributed by atoms with Crippen LogP contribution in [0.2, 0.25) is 0 Å². The van der Waals surface area contributed by atoms with E-state index in [4.69, 9.17) is 9.90 Å². The van der Waals surface area contributed by atoms with E-state index in [-0.39, 0.29) is 6.47 Å². The van der Waals surface area contributed by atoms with Crippen molar-refractivity contribution in [1.29, 1.82) is 0 Å². The summed E-state index contributed by atoms with van der Waals surface area (Å²) < 4.78 is 0. The minimum absolute atomic E-state index is 0.250. The van der Waals surface area contributed by atoms with Crippen molar-refractivity contribution in [2.75, 3.05) is 0 Å². The molecule has 0 amide bonds. The molecule has 0 saturated carbocycles. The van der Waals surface area contributed by atoms with Crippen molar-refractivity contribution in [3.63, 3.8) is 0 Å². The second kappa shape index (κ2) is 12.5. The lowest BCUT2D eigenvalue weighted by Crippen LogP contribution is -2.19. The number of allylic oxidation sites excluding steroid dienone is 10. The van der Waals surface area contributed by atoms with E-state index in [9.17, 15) is 0 Å². The second-order valence-electron chi connectivity index (χ2n) is 7.38. The van der Waals surface area contributed by atoms with Crippen LogP contribution in [0.1, 0.15) is 73.6 Å². The van der Waals surface area contributed by atoms with Crippen molar-refractivity contribution in [2.24, 2.45) is 5.41 Å². The summed E-state index contributed by atoms with van der Waals surface area (Å²) in [6.07, 6.45) is 19.7. The maximum Gasteiger partial charge on any atom is 0.290 e. The summed E-state index contributed by atoms with van der Waals surface area (Å²) >= 11 is 0. The van der Waals surface area contributed by atoms with Crippen molar-refractivity contribution in [2.45, 2.75) is 73.6 Å². The van der Waals surface area contributed by atoms with Gasteiger partial charge in [-0.1, -0.05) is 80.4 Å². The molecule has 0 unspecified atom stereocenters. The van der Waals surface area contributed by atoms with Gasteiger partial charge in [-0.05, 0) is 57.4 Å². The Labute approximate surface area is 154 Å². The van der Waals surface area contributed by atoms with E-state index < -0.39 is 0 Å². The number of rotatable bonds is 6. The fourth-order valence-electron chi connectivity index (χ4n) is 3.07. The first kappa shape index (κ1) is 23.2. The maximum absolute atomic E-state index is 8.36. The van der Waals surface area contributed by atoms with Crippen molar-refractivity contribution < 1.29 is 9.90 Å². The summed E-state index contributed by atoms with van der Waals surface area (Å²) in [5, 5.41) is 6.89. The van der Waals surface area contributed by atoms with Crippen molar-refractivity contribution in [3.05, 3.63) is 58.7 Å².